The summed E-state index contributed by atoms with van der Waals surface area (Å²) in [5.74, 6) is -3.61. The molecule has 0 fully saturated rings. The van der Waals surface area contributed by atoms with Gasteiger partial charge in [0.05, 0.1) is 0 Å². The fourth-order valence-electron chi connectivity index (χ4n) is 0.788. The lowest BCUT2D eigenvalue weighted by atomic mass is 10.1. The molecule has 1 atom stereocenters. The van der Waals surface area contributed by atoms with Gasteiger partial charge >= 0.3 is 5.97 Å². The molecule has 0 bridgehead atoms. The van der Waals surface area contributed by atoms with Gasteiger partial charge in [-0.25, -0.2) is 0 Å². The van der Waals surface area contributed by atoms with Gasteiger partial charge in [-0.1, -0.05) is 0 Å². The molecule has 0 aromatic carbocycles. The van der Waals surface area contributed by atoms with Crippen LogP contribution in [0.5, 0.6) is 0 Å². The van der Waals surface area contributed by atoms with Crippen LogP contribution in [0.2, 0.25) is 0 Å². The number of rotatable bonds is 2. The van der Waals surface area contributed by atoms with Crippen molar-refractivity contribution in [1.82, 2.24) is 4.98 Å². The zero-order valence-electron chi connectivity index (χ0n) is 6.37. The summed E-state index contributed by atoms with van der Waals surface area (Å²) in [5.41, 5.74) is 4.75. The summed E-state index contributed by atoms with van der Waals surface area (Å²) in [4.78, 5) is 13.1. The standard InChI is InChI=1S/C7H6F2N2O2/c8-4-2-1-3(6(9)11-4)5(10)7(12)13/h1-2,5H,10H2,(H,12,13). The van der Waals surface area contributed by atoms with Gasteiger partial charge in [-0.15, -0.1) is 0 Å². The number of hydrogen-bond acceptors (Lipinski definition) is 3. The van der Waals surface area contributed by atoms with Gasteiger partial charge in [-0.2, -0.15) is 13.8 Å². The molecule has 0 aliphatic rings. The Morgan fingerprint density at radius 2 is 2.15 bits per heavy atom. The van der Waals surface area contributed by atoms with E-state index in [0.717, 1.165) is 12.1 Å². The van der Waals surface area contributed by atoms with E-state index in [1.807, 2.05) is 0 Å². The molecule has 4 nitrogen and oxygen atoms in total. The minimum absolute atomic E-state index is 0.339. The first-order valence-corrected chi connectivity index (χ1v) is 3.32. The fourth-order valence-corrected chi connectivity index (χ4v) is 0.788. The van der Waals surface area contributed by atoms with E-state index in [-0.39, 0.29) is 5.56 Å². The summed E-state index contributed by atoms with van der Waals surface area (Å²) in [6.45, 7) is 0. The highest BCUT2D eigenvalue weighted by Crippen LogP contribution is 2.13. The average molecular weight is 188 g/mol. The second-order valence-corrected chi connectivity index (χ2v) is 2.33. The Kier molecular flexibility index (Phi) is 2.52. The number of carbonyl (C=O) groups is 1. The third kappa shape index (κ3) is 1.97. The summed E-state index contributed by atoms with van der Waals surface area (Å²) < 4.78 is 25.0. The largest absolute Gasteiger partial charge is 0.480 e. The summed E-state index contributed by atoms with van der Waals surface area (Å²) in [5, 5.41) is 8.42. The number of carboxylic acids is 1. The van der Waals surface area contributed by atoms with Gasteiger partial charge in [0, 0.05) is 5.56 Å². The molecule has 0 spiro atoms. The van der Waals surface area contributed by atoms with Gasteiger partial charge in [-0.05, 0) is 12.1 Å². The number of nitrogens with two attached hydrogens (primary N) is 1. The van der Waals surface area contributed by atoms with Crippen LogP contribution in [0.25, 0.3) is 0 Å². The molecule has 1 unspecified atom stereocenters. The van der Waals surface area contributed by atoms with Crippen molar-refractivity contribution >= 4 is 5.97 Å². The number of halogens is 2. The fraction of sp³-hybridized carbons (Fsp3) is 0.143. The molecule has 1 aromatic rings. The van der Waals surface area contributed by atoms with Gasteiger partial charge in [-0.3, -0.25) is 4.79 Å². The van der Waals surface area contributed by atoms with Gasteiger partial charge in [0.15, 0.2) is 0 Å². The van der Waals surface area contributed by atoms with Crippen LogP contribution >= 0.6 is 0 Å². The summed E-state index contributed by atoms with van der Waals surface area (Å²) in [6.07, 6.45) is 0. The highest BCUT2D eigenvalue weighted by Gasteiger charge is 2.19. The molecule has 0 saturated carbocycles. The maximum absolute atomic E-state index is 12.8. The van der Waals surface area contributed by atoms with E-state index in [9.17, 15) is 13.6 Å². The van der Waals surface area contributed by atoms with Gasteiger partial charge < -0.3 is 10.8 Å². The van der Waals surface area contributed by atoms with Crippen LogP contribution in [-0.4, -0.2) is 16.1 Å². The molecule has 6 heteroatoms. The number of hydrogen-bond donors (Lipinski definition) is 2. The van der Waals surface area contributed by atoms with E-state index in [4.69, 9.17) is 10.8 Å². The van der Waals surface area contributed by atoms with E-state index in [1.165, 1.54) is 0 Å². The predicted octanol–water partition coefficient (Wildman–Crippen LogP) is 0.444. The molecular weight excluding hydrogens is 182 g/mol. The van der Waals surface area contributed by atoms with Crippen molar-refractivity contribution in [2.75, 3.05) is 0 Å². The number of carboxylic acid groups (broad SMARTS) is 1. The van der Waals surface area contributed by atoms with Crippen LogP contribution in [0.4, 0.5) is 8.78 Å². The minimum atomic E-state index is -1.52. The number of nitrogens with zero attached hydrogens (tertiary/aromatic N) is 1. The third-order valence-electron chi connectivity index (χ3n) is 1.44. The first-order valence-electron chi connectivity index (χ1n) is 3.32. The molecule has 0 radical (unpaired) electrons. The Morgan fingerprint density at radius 3 is 2.62 bits per heavy atom. The first-order chi connectivity index (χ1) is 6.02. The van der Waals surface area contributed by atoms with Gasteiger partial charge in [0.2, 0.25) is 11.9 Å². The lowest BCUT2D eigenvalue weighted by Gasteiger charge is -2.06. The quantitative estimate of drug-likeness (QED) is 0.660. The molecule has 1 aromatic heterocycles. The molecule has 0 aliphatic carbocycles. The second-order valence-electron chi connectivity index (χ2n) is 2.33. The topological polar surface area (TPSA) is 76.2 Å². The molecule has 0 saturated heterocycles. The summed E-state index contributed by atoms with van der Waals surface area (Å²) in [6, 6.07) is 0.283. The van der Waals surface area contributed by atoms with E-state index in [1.54, 1.807) is 0 Å². The zero-order valence-corrected chi connectivity index (χ0v) is 6.37. The maximum Gasteiger partial charge on any atom is 0.325 e. The Balaban J connectivity index is 3.08. The molecule has 0 aliphatic heterocycles. The summed E-state index contributed by atoms with van der Waals surface area (Å²) in [7, 11) is 0. The number of pyridine rings is 1. The van der Waals surface area contributed by atoms with Crippen LogP contribution < -0.4 is 5.73 Å². The SMILES string of the molecule is NC(C(=O)O)c1ccc(F)nc1F. The van der Waals surface area contributed by atoms with Crippen LogP contribution in [0.3, 0.4) is 0 Å². The minimum Gasteiger partial charge on any atom is -0.480 e. The highest BCUT2D eigenvalue weighted by molar-refractivity contribution is 5.75. The number of aliphatic carboxylic acids is 1. The van der Waals surface area contributed by atoms with E-state index < -0.39 is 23.9 Å². The monoisotopic (exact) mass is 188 g/mol. The van der Waals surface area contributed by atoms with E-state index in [0.29, 0.717) is 0 Å². The van der Waals surface area contributed by atoms with Gasteiger partial charge in [0.1, 0.15) is 6.04 Å². The maximum atomic E-state index is 12.8. The normalized spacial score (nSPS) is 12.5. The van der Waals surface area contributed by atoms with Crippen LogP contribution in [0, 0.1) is 11.9 Å². The van der Waals surface area contributed by atoms with Crippen molar-refractivity contribution in [3.63, 3.8) is 0 Å². The second kappa shape index (κ2) is 3.44. The van der Waals surface area contributed by atoms with Crippen molar-refractivity contribution in [2.24, 2.45) is 5.73 Å². The van der Waals surface area contributed by atoms with Crippen molar-refractivity contribution in [3.8, 4) is 0 Å². The van der Waals surface area contributed by atoms with Gasteiger partial charge in [0.25, 0.3) is 0 Å². The Labute approximate surface area is 72.0 Å². The molecule has 1 heterocycles. The van der Waals surface area contributed by atoms with Crippen molar-refractivity contribution in [3.05, 3.63) is 29.6 Å². The van der Waals surface area contributed by atoms with E-state index >= 15 is 0 Å². The molecule has 3 N–H and O–H groups in total. The molecular formula is C7H6F2N2O2. The number of aromatic nitrogens is 1. The highest BCUT2D eigenvalue weighted by atomic mass is 19.1. The zero-order chi connectivity index (χ0) is 10.0. The van der Waals surface area contributed by atoms with Crippen LogP contribution in [0.1, 0.15) is 11.6 Å². The van der Waals surface area contributed by atoms with Crippen molar-refractivity contribution in [1.29, 1.82) is 0 Å². The molecule has 0 amide bonds. The lowest BCUT2D eigenvalue weighted by molar-refractivity contribution is -0.138. The Bertz CT molecular complexity index is 343. The smallest absolute Gasteiger partial charge is 0.325 e. The Hall–Kier alpha value is -1.56. The third-order valence-corrected chi connectivity index (χ3v) is 1.44. The predicted molar refractivity (Wildman–Crippen MR) is 38.7 cm³/mol. The average Bonchev–Trinajstić information content (AvgIpc) is 2.03. The van der Waals surface area contributed by atoms with E-state index in [2.05, 4.69) is 4.98 Å². The molecule has 13 heavy (non-hydrogen) atoms. The molecule has 1 rings (SSSR count). The van der Waals surface area contributed by atoms with Crippen LogP contribution in [-0.2, 0) is 4.79 Å². The van der Waals surface area contributed by atoms with Crippen molar-refractivity contribution < 1.29 is 18.7 Å². The van der Waals surface area contributed by atoms with Crippen LogP contribution in [0.15, 0.2) is 12.1 Å². The first kappa shape index (κ1) is 9.53. The Morgan fingerprint density at radius 1 is 1.54 bits per heavy atom. The molecule has 70 valence electrons. The van der Waals surface area contributed by atoms with Crippen molar-refractivity contribution in [2.45, 2.75) is 6.04 Å². The lowest BCUT2D eigenvalue weighted by Crippen LogP contribution is -2.22. The summed E-state index contributed by atoms with van der Waals surface area (Å²) >= 11 is 0.